The van der Waals surface area contributed by atoms with Crippen molar-refractivity contribution in [1.82, 2.24) is 5.32 Å². The molecule has 0 atom stereocenters. The van der Waals surface area contributed by atoms with Gasteiger partial charge in [0.25, 0.3) is 0 Å². The van der Waals surface area contributed by atoms with E-state index in [0.717, 1.165) is 0 Å². The maximum absolute atomic E-state index is 10.5. The number of methoxy groups -OCH3 is 1. The highest BCUT2D eigenvalue weighted by molar-refractivity contribution is 6.36. The van der Waals surface area contributed by atoms with Gasteiger partial charge >= 0.3 is 5.97 Å². The topological polar surface area (TPSA) is 52.8 Å². The zero-order valence-electron chi connectivity index (χ0n) is 4.87. The summed E-state index contributed by atoms with van der Waals surface area (Å²) in [4.78, 5) is 14.1. The summed E-state index contributed by atoms with van der Waals surface area (Å²) in [7, 11) is 1.29. The van der Waals surface area contributed by atoms with Crippen molar-refractivity contribution in [3.05, 3.63) is 12.4 Å². The average molecular weight is 125 g/mol. The molecule has 0 saturated carbocycles. The molecular weight excluding hydrogens is 120 g/mol. The Balaban J connectivity index is 2.55. The largest absolute Gasteiger partial charge is 0.463 e. The Kier molecular flexibility index (Phi) is 1.48. The molecule has 1 aliphatic rings. The van der Waals surface area contributed by atoms with Gasteiger partial charge in [-0.15, -0.1) is 0 Å². The van der Waals surface area contributed by atoms with Crippen LogP contribution in [0.15, 0.2) is 17.4 Å². The van der Waals surface area contributed by atoms with E-state index >= 15 is 0 Å². The molecule has 1 radical (unpaired) electrons. The Morgan fingerprint density at radius 3 is 2.89 bits per heavy atom. The highest BCUT2D eigenvalue weighted by Crippen LogP contribution is 1.90. The van der Waals surface area contributed by atoms with Crippen LogP contribution in [0.25, 0.3) is 0 Å². The van der Waals surface area contributed by atoms with E-state index in [-0.39, 0.29) is 5.84 Å². The molecule has 1 aliphatic heterocycles. The summed E-state index contributed by atoms with van der Waals surface area (Å²) in [6.45, 7) is 0. The Hall–Kier alpha value is -1.32. The fourth-order valence-electron chi connectivity index (χ4n) is 0.438. The second-order valence-corrected chi connectivity index (χ2v) is 1.37. The number of rotatable bonds is 1. The molecule has 0 aromatic carbocycles. The van der Waals surface area contributed by atoms with Crippen LogP contribution in [0.4, 0.5) is 0 Å². The zero-order valence-corrected chi connectivity index (χ0v) is 4.87. The lowest BCUT2D eigenvalue weighted by atomic mass is 10.6. The first-order valence-corrected chi connectivity index (χ1v) is 2.36. The average Bonchev–Trinajstić information content (AvgIpc) is 2.37. The Morgan fingerprint density at radius 2 is 2.44 bits per heavy atom. The molecule has 0 bridgehead atoms. The minimum atomic E-state index is -0.500. The molecule has 0 unspecified atom stereocenters. The summed E-state index contributed by atoms with van der Waals surface area (Å²) in [5, 5.41) is 3.60. The van der Waals surface area contributed by atoms with Crippen molar-refractivity contribution in [1.29, 1.82) is 0 Å². The van der Waals surface area contributed by atoms with Crippen LogP contribution in [0.5, 0.6) is 0 Å². The van der Waals surface area contributed by atoms with Crippen molar-refractivity contribution in [3.63, 3.8) is 0 Å². The van der Waals surface area contributed by atoms with Gasteiger partial charge in [-0.05, 0) is 0 Å². The summed E-state index contributed by atoms with van der Waals surface area (Å²) >= 11 is 0. The number of ether oxygens (including phenoxy) is 1. The predicted molar refractivity (Wildman–Crippen MR) is 30.7 cm³/mol. The van der Waals surface area contributed by atoms with Crippen LogP contribution in [0.3, 0.4) is 0 Å². The van der Waals surface area contributed by atoms with Gasteiger partial charge in [0.15, 0.2) is 0 Å². The van der Waals surface area contributed by atoms with Gasteiger partial charge in [-0.25, -0.2) is 15.1 Å². The number of hydrogen-bond acceptors (Lipinski definition) is 3. The van der Waals surface area contributed by atoms with E-state index in [1.807, 2.05) is 0 Å². The first-order valence-electron chi connectivity index (χ1n) is 2.36. The van der Waals surface area contributed by atoms with Crippen molar-refractivity contribution < 1.29 is 9.53 Å². The lowest BCUT2D eigenvalue weighted by Gasteiger charge is -1.93. The third kappa shape index (κ3) is 1.07. The van der Waals surface area contributed by atoms with Crippen LogP contribution < -0.4 is 5.32 Å². The fourth-order valence-corrected chi connectivity index (χ4v) is 0.438. The highest BCUT2D eigenvalue weighted by Gasteiger charge is 2.12. The molecule has 0 aliphatic carbocycles. The molecule has 1 heterocycles. The third-order valence-corrected chi connectivity index (χ3v) is 0.828. The van der Waals surface area contributed by atoms with Crippen molar-refractivity contribution in [2.24, 2.45) is 4.99 Å². The number of nitrogens with zero attached hydrogens (tertiary/aromatic N) is 2. The van der Waals surface area contributed by atoms with Gasteiger partial charge < -0.3 is 4.74 Å². The molecule has 0 fully saturated rings. The number of hydrogen-bond donors (Lipinski definition) is 0. The number of carbonyl (C=O) groups is 1. The van der Waals surface area contributed by atoms with E-state index in [0.29, 0.717) is 0 Å². The fraction of sp³-hybridized carbons (Fsp3) is 0.200. The molecule has 0 N–H and O–H groups in total. The second kappa shape index (κ2) is 2.30. The van der Waals surface area contributed by atoms with Gasteiger partial charge in [-0.3, -0.25) is 0 Å². The van der Waals surface area contributed by atoms with Crippen molar-refractivity contribution in [2.75, 3.05) is 7.11 Å². The van der Waals surface area contributed by atoms with E-state index in [1.165, 1.54) is 19.5 Å². The maximum Gasteiger partial charge on any atom is 0.376 e. The summed E-state index contributed by atoms with van der Waals surface area (Å²) in [6, 6.07) is 0. The van der Waals surface area contributed by atoms with Gasteiger partial charge in [0, 0.05) is 12.4 Å². The summed E-state index contributed by atoms with van der Waals surface area (Å²) < 4.78 is 4.33. The molecule has 4 nitrogen and oxygen atoms in total. The number of esters is 1. The standard InChI is InChI=1S/C5H5N2O2/c1-9-5(8)4-6-2-3-7-4/h2-3H,1H3. The summed E-state index contributed by atoms with van der Waals surface area (Å²) in [5.74, 6) is -0.391. The van der Waals surface area contributed by atoms with E-state index in [4.69, 9.17) is 0 Å². The molecule has 0 aromatic heterocycles. The molecular formula is C5H5N2O2. The minimum Gasteiger partial charge on any atom is -0.463 e. The van der Waals surface area contributed by atoms with Gasteiger partial charge in [-0.2, -0.15) is 0 Å². The highest BCUT2D eigenvalue weighted by atomic mass is 16.5. The van der Waals surface area contributed by atoms with E-state index in [9.17, 15) is 4.79 Å². The van der Waals surface area contributed by atoms with E-state index in [2.05, 4.69) is 15.0 Å². The molecule has 0 amide bonds. The first kappa shape index (κ1) is 5.81. The minimum absolute atomic E-state index is 0.109. The van der Waals surface area contributed by atoms with E-state index in [1.54, 1.807) is 0 Å². The Bertz CT molecular complexity index is 183. The normalized spacial score (nSPS) is 14.6. The SMILES string of the molecule is COC(=O)C1=NC=C[N]1. The molecule has 0 aromatic rings. The zero-order chi connectivity index (χ0) is 6.69. The van der Waals surface area contributed by atoms with Gasteiger partial charge in [0.05, 0.1) is 7.11 Å². The lowest BCUT2D eigenvalue weighted by Crippen LogP contribution is -2.20. The molecule has 0 spiro atoms. The number of aliphatic imine (C=N–C) groups is 1. The van der Waals surface area contributed by atoms with Crippen LogP contribution in [0, 0.1) is 0 Å². The Labute approximate surface area is 52.2 Å². The number of amidine groups is 1. The summed E-state index contributed by atoms with van der Waals surface area (Å²) in [6.07, 6.45) is 2.87. The van der Waals surface area contributed by atoms with Crippen LogP contribution in [-0.4, -0.2) is 18.9 Å². The summed E-state index contributed by atoms with van der Waals surface area (Å²) in [5.41, 5.74) is 0. The quantitative estimate of drug-likeness (QED) is 0.449. The van der Waals surface area contributed by atoms with Crippen molar-refractivity contribution >= 4 is 11.8 Å². The molecule has 47 valence electrons. The van der Waals surface area contributed by atoms with Gasteiger partial charge in [0.1, 0.15) is 0 Å². The number of carbonyl (C=O) groups excluding carboxylic acids is 1. The Morgan fingerprint density at radius 1 is 1.67 bits per heavy atom. The van der Waals surface area contributed by atoms with Crippen molar-refractivity contribution in [3.8, 4) is 0 Å². The van der Waals surface area contributed by atoms with Crippen molar-refractivity contribution in [2.45, 2.75) is 0 Å². The monoisotopic (exact) mass is 125 g/mol. The second-order valence-electron chi connectivity index (χ2n) is 1.37. The maximum atomic E-state index is 10.5. The van der Waals surface area contributed by atoms with Gasteiger partial charge in [-0.1, -0.05) is 0 Å². The van der Waals surface area contributed by atoms with Crippen LogP contribution >= 0.6 is 0 Å². The third-order valence-electron chi connectivity index (χ3n) is 0.828. The molecule has 0 saturated heterocycles. The lowest BCUT2D eigenvalue weighted by molar-refractivity contribution is -0.132. The molecule has 9 heavy (non-hydrogen) atoms. The van der Waals surface area contributed by atoms with Crippen LogP contribution in [0.1, 0.15) is 0 Å². The van der Waals surface area contributed by atoms with E-state index < -0.39 is 5.97 Å². The predicted octanol–water partition coefficient (Wildman–Crippen LogP) is -0.353. The molecule has 4 heteroatoms. The first-order chi connectivity index (χ1) is 4.34. The van der Waals surface area contributed by atoms with Crippen LogP contribution in [0.2, 0.25) is 0 Å². The van der Waals surface area contributed by atoms with Gasteiger partial charge in [0.2, 0.25) is 5.84 Å². The smallest absolute Gasteiger partial charge is 0.376 e. The van der Waals surface area contributed by atoms with Crippen LogP contribution in [-0.2, 0) is 9.53 Å². The molecule has 1 rings (SSSR count).